The lowest BCUT2D eigenvalue weighted by atomic mass is 9.95. The summed E-state index contributed by atoms with van der Waals surface area (Å²) in [6, 6.07) is 4.98. The number of aromatic nitrogens is 1. The Hall–Kier alpha value is -2.11. The quantitative estimate of drug-likeness (QED) is 0.867. The summed E-state index contributed by atoms with van der Waals surface area (Å²) in [6.07, 6.45) is 4.92. The Morgan fingerprint density at radius 3 is 2.83 bits per heavy atom. The molecule has 1 aromatic carbocycles. The van der Waals surface area contributed by atoms with E-state index in [1.807, 2.05) is 4.90 Å². The fourth-order valence-corrected chi connectivity index (χ4v) is 3.70. The predicted molar refractivity (Wildman–Crippen MR) is 89.3 cm³/mol. The molecule has 0 unspecified atom stereocenters. The molecule has 3 heterocycles. The van der Waals surface area contributed by atoms with Crippen LogP contribution in [0.25, 0.3) is 11.1 Å². The van der Waals surface area contributed by atoms with Gasteiger partial charge in [0.05, 0.1) is 0 Å². The van der Waals surface area contributed by atoms with Gasteiger partial charge in [-0.3, -0.25) is 4.79 Å². The van der Waals surface area contributed by atoms with Crippen molar-refractivity contribution in [1.82, 2.24) is 9.88 Å². The number of benzene rings is 1. The molecule has 5 nitrogen and oxygen atoms in total. The molecule has 0 saturated carbocycles. The second-order valence-electron chi connectivity index (χ2n) is 6.84. The maximum Gasteiger partial charge on any atom is 0.298 e. The first-order chi connectivity index (χ1) is 11.7. The highest BCUT2D eigenvalue weighted by Gasteiger charge is 2.26. The van der Waals surface area contributed by atoms with Crippen LogP contribution in [0.3, 0.4) is 0 Å². The van der Waals surface area contributed by atoms with Crippen LogP contribution in [0.1, 0.15) is 32.1 Å². The minimum absolute atomic E-state index is 0.299. The Balaban J connectivity index is 1.37. The van der Waals surface area contributed by atoms with Gasteiger partial charge >= 0.3 is 0 Å². The van der Waals surface area contributed by atoms with Gasteiger partial charge < -0.3 is 14.2 Å². The average Bonchev–Trinajstić information content (AvgIpc) is 3.01. The average molecular weight is 331 g/mol. The van der Waals surface area contributed by atoms with Gasteiger partial charge in [0.2, 0.25) is 5.91 Å². The van der Waals surface area contributed by atoms with E-state index < -0.39 is 0 Å². The van der Waals surface area contributed by atoms with Crippen molar-refractivity contribution in [2.24, 2.45) is 5.92 Å². The third kappa shape index (κ3) is 3.09. The summed E-state index contributed by atoms with van der Waals surface area (Å²) in [5.41, 5.74) is 1.18. The zero-order chi connectivity index (χ0) is 16.5. The number of halogens is 1. The lowest BCUT2D eigenvalue weighted by Gasteiger charge is -2.35. The predicted octanol–water partition coefficient (Wildman–Crippen LogP) is 3.20. The summed E-state index contributed by atoms with van der Waals surface area (Å²) >= 11 is 0. The molecule has 0 aliphatic carbocycles. The maximum atomic E-state index is 13.3. The van der Waals surface area contributed by atoms with E-state index in [-0.39, 0.29) is 5.82 Å². The molecule has 4 rings (SSSR count). The molecule has 128 valence electrons. The summed E-state index contributed by atoms with van der Waals surface area (Å²) < 4.78 is 19.0. The number of rotatable bonds is 3. The number of likely N-dealkylation sites (tertiary alicyclic amines) is 1. The highest BCUT2D eigenvalue weighted by Crippen LogP contribution is 2.27. The number of piperidine rings is 2. The van der Waals surface area contributed by atoms with E-state index in [9.17, 15) is 9.18 Å². The Morgan fingerprint density at radius 2 is 2.04 bits per heavy atom. The lowest BCUT2D eigenvalue weighted by Crippen LogP contribution is -2.42. The Morgan fingerprint density at radius 1 is 1.21 bits per heavy atom. The fraction of sp³-hybridized carbons (Fsp3) is 0.556. The number of oxazole rings is 1. The summed E-state index contributed by atoms with van der Waals surface area (Å²) in [4.78, 5) is 20.5. The van der Waals surface area contributed by atoms with Gasteiger partial charge in [-0.15, -0.1) is 0 Å². The number of carbonyl (C=O) groups is 1. The third-order valence-corrected chi connectivity index (χ3v) is 5.12. The summed E-state index contributed by atoms with van der Waals surface area (Å²) in [5.74, 6) is 0.557. The van der Waals surface area contributed by atoms with E-state index in [1.54, 1.807) is 6.07 Å². The topological polar surface area (TPSA) is 49.6 Å². The number of amides is 1. The number of nitrogens with zero attached hydrogens (tertiary/aromatic N) is 3. The van der Waals surface area contributed by atoms with E-state index in [0.29, 0.717) is 35.4 Å². The SMILES string of the molecule is O=C1CCCCN1CC1CCN(c2nc3cc(F)ccc3o2)CC1. The molecule has 2 aliphatic heterocycles. The minimum atomic E-state index is -0.299. The van der Waals surface area contributed by atoms with Crippen molar-refractivity contribution in [3.63, 3.8) is 0 Å². The first kappa shape index (κ1) is 15.4. The van der Waals surface area contributed by atoms with E-state index in [1.165, 1.54) is 12.1 Å². The van der Waals surface area contributed by atoms with Gasteiger partial charge in [-0.05, 0) is 43.7 Å². The molecule has 2 saturated heterocycles. The third-order valence-electron chi connectivity index (χ3n) is 5.12. The molecule has 0 N–H and O–H groups in total. The smallest absolute Gasteiger partial charge is 0.298 e. The van der Waals surface area contributed by atoms with Gasteiger partial charge in [-0.2, -0.15) is 4.98 Å². The van der Waals surface area contributed by atoms with Crippen molar-refractivity contribution in [2.45, 2.75) is 32.1 Å². The Bertz CT molecular complexity index is 737. The molecule has 24 heavy (non-hydrogen) atoms. The molecule has 0 spiro atoms. The molecule has 2 aliphatic rings. The van der Waals surface area contributed by atoms with Crippen molar-refractivity contribution >= 4 is 23.0 Å². The largest absolute Gasteiger partial charge is 0.423 e. The van der Waals surface area contributed by atoms with Gasteiger partial charge in [-0.1, -0.05) is 0 Å². The van der Waals surface area contributed by atoms with Crippen molar-refractivity contribution in [3.05, 3.63) is 24.0 Å². The Labute approximate surface area is 140 Å². The number of anilines is 1. The number of hydrogen-bond acceptors (Lipinski definition) is 4. The maximum absolute atomic E-state index is 13.3. The van der Waals surface area contributed by atoms with Crippen molar-refractivity contribution in [2.75, 3.05) is 31.1 Å². The highest BCUT2D eigenvalue weighted by atomic mass is 19.1. The van der Waals surface area contributed by atoms with Crippen LogP contribution in [0.4, 0.5) is 10.4 Å². The van der Waals surface area contributed by atoms with Gasteiger partial charge in [0.1, 0.15) is 11.3 Å². The summed E-state index contributed by atoms with van der Waals surface area (Å²) in [6.45, 7) is 3.52. The minimum Gasteiger partial charge on any atom is -0.423 e. The van der Waals surface area contributed by atoms with Crippen molar-refractivity contribution < 1.29 is 13.6 Å². The van der Waals surface area contributed by atoms with Crippen molar-refractivity contribution in [3.8, 4) is 0 Å². The molecular formula is C18H22FN3O2. The molecule has 0 atom stereocenters. The highest BCUT2D eigenvalue weighted by molar-refractivity contribution is 5.76. The van der Waals surface area contributed by atoms with Crippen LogP contribution in [0.15, 0.2) is 22.6 Å². The molecule has 1 aromatic heterocycles. The molecular weight excluding hydrogens is 309 g/mol. The monoisotopic (exact) mass is 331 g/mol. The molecule has 1 amide bonds. The standard InChI is InChI=1S/C18H22FN3O2/c19-14-4-5-16-15(11-14)20-18(24-16)21-9-6-13(7-10-21)12-22-8-2-1-3-17(22)23/h4-5,11,13H,1-3,6-10,12H2. The van der Waals surface area contributed by atoms with Crippen LogP contribution in [0.2, 0.25) is 0 Å². The summed E-state index contributed by atoms with van der Waals surface area (Å²) in [7, 11) is 0. The van der Waals surface area contributed by atoms with Gasteiger partial charge in [-0.25, -0.2) is 4.39 Å². The molecule has 2 fully saturated rings. The molecule has 0 bridgehead atoms. The van der Waals surface area contributed by atoms with E-state index >= 15 is 0 Å². The number of hydrogen-bond donors (Lipinski definition) is 0. The second-order valence-corrected chi connectivity index (χ2v) is 6.84. The molecule has 2 aromatic rings. The number of fused-ring (bicyclic) bond motifs is 1. The van der Waals surface area contributed by atoms with Crippen LogP contribution in [-0.4, -0.2) is 42.0 Å². The van der Waals surface area contributed by atoms with Crippen LogP contribution in [0.5, 0.6) is 0 Å². The lowest BCUT2D eigenvalue weighted by molar-refractivity contribution is -0.134. The molecule has 0 radical (unpaired) electrons. The Kier molecular flexibility index (Phi) is 4.12. The zero-order valence-electron chi connectivity index (χ0n) is 13.7. The van der Waals surface area contributed by atoms with Gasteiger partial charge in [0.15, 0.2) is 5.58 Å². The van der Waals surface area contributed by atoms with Crippen LogP contribution >= 0.6 is 0 Å². The first-order valence-electron chi connectivity index (χ1n) is 8.78. The molecule has 6 heteroatoms. The van der Waals surface area contributed by atoms with Crippen LogP contribution < -0.4 is 4.90 Å². The van der Waals surface area contributed by atoms with Crippen molar-refractivity contribution in [1.29, 1.82) is 0 Å². The van der Waals surface area contributed by atoms with E-state index in [0.717, 1.165) is 51.9 Å². The summed E-state index contributed by atoms with van der Waals surface area (Å²) in [5, 5.41) is 0. The van der Waals surface area contributed by atoms with Gasteiger partial charge in [0, 0.05) is 38.7 Å². The van der Waals surface area contributed by atoms with Crippen LogP contribution in [0, 0.1) is 11.7 Å². The zero-order valence-corrected chi connectivity index (χ0v) is 13.7. The van der Waals surface area contributed by atoms with Gasteiger partial charge in [0.25, 0.3) is 6.01 Å². The fourth-order valence-electron chi connectivity index (χ4n) is 3.70. The van der Waals surface area contributed by atoms with Crippen LogP contribution in [-0.2, 0) is 4.79 Å². The first-order valence-corrected chi connectivity index (χ1v) is 8.78. The van der Waals surface area contributed by atoms with E-state index in [2.05, 4.69) is 9.88 Å². The van der Waals surface area contributed by atoms with E-state index in [4.69, 9.17) is 4.42 Å². The normalized spacial score (nSPS) is 20.1. The number of carbonyl (C=O) groups excluding carboxylic acids is 1. The second kappa shape index (κ2) is 6.42.